The lowest BCUT2D eigenvalue weighted by atomic mass is 10.1. The second-order valence-corrected chi connectivity index (χ2v) is 4.38. The summed E-state index contributed by atoms with van der Waals surface area (Å²) in [7, 11) is 1.39. The largest absolute Gasteiger partial charge is 0.469 e. The van der Waals surface area contributed by atoms with Gasteiger partial charge in [-0.3, -0.25) is 9.59 Å². The lowest BCUT2D eigenvalue weighted by molar-refractivity contribution is -0.143. The van der Waals surface area contributed by atoms with Crippen LogP contribution in [0.2, 0.25) is 0 Å². The molecule has 0 aromatic carbocycles. The smallest absolute Gasteiger partial charge is 0.309 e. The average Bonchev–Trinajstić information content (AvgIpc) is 2.67. The molecular weight excluding hydrogens is 180 g/mol. The van der Waals surface area contributed by atoms with Crippen LogP contribution in [-0.4, -0.2) is 19.4 Å². The van der Waals surface area contributed by atoms with Crippen molar-refractivity contribution >= 4 is 12.3 Å². The fraction of sp³-hybridized carbons (Fsp3) is 0.636. The van der Waals surface area contributed by atoms with E-state index >= 15 is 0 Å². The Labute approximate surface area is 84.1 Å². The van der Waals surface area contributed by atoms with Crippen molar-refractivity contribution < 1.29 is 14.3 Å². The molecule has 0 spiro atoms. The molecule has 0 aromatic heterocycles. The van der Waals surface area contributed by atoms with E-state index in [2.05, 4.69) is 0 Å². The zero-order valence-electron chi connectivity index (χ0n) is 9.03. The molecule has 0 bridgehead atoms. The minimum Gasteiger partial charge on any atom is -0.469 e. The molecule has 0 radical (unpaired) electrons. The van der Waals surface area contributed by atoms with Crippen LogP contribution in [0.3, 0.4) is 0 Å². The van der Waals surface area contributed by atoms with Gasteiger partial charge in [-0.2, -0.15) is 0 Å². The molecule has 0 saturated heterocycles. The maximum atomic E-state index is 11.3. The number of carbonyl (C=O) groups is 2. The van der Waals surface area contributed by atoms with E-state index in [-0.39, 0.29) is 23.2 Å². The second-order valence-electron chi connectivity index (χ2n) is 4.38. The molecule has 0 N–H and O–H groups in total. The van der Waals surface area contributed by atoms with Crippen LogP contribution in [-0.2, 0) is 14.3 Å². The van der Waals surface area contributed by atoms with Gasteiger partial charge in [0.2, 0.25) is 0 Å². The Morgan fingerprint density at radius 2 is 2.00 bits per heavy atom. The average molecular weight is 196 g/mol. The molecule has 1 saturated carbocycles. The molecule has 1 fully saturated rings. The van der Waals surface area contributed by atoms with Crippen LogP contribution >= 0.6 is 0 Å². The summed E-state index contributed by atoms with van der Waals surface area (Å²) in [6.07, 6.45) is 2.66. The number of esters is 1. The van der Waals surface area contributed by atoms with Gasteiger partial charge in [0.05, 0.1) is 13.0 Å². The van der Waals surface area contributed by atoms with Crippen molar-refractivity contribution in [3.05, 3.63) is 11.6 Å². The van der Waals surface area contributed by atoms with Crippen LogP contribution in [0, 0.1) is 17.3 Å². The van der Waals surface area contributed by atoms with Gasteiger partial charge in [0.1, 0.15) is 6.29 Å². The molecule has 1 rings (SSSR count). The summed E-state index contributed by atoms with van der Waals surface area (Å²) in [6, 6.07) is 0. The minimum absolute atomic E-state index is 0.0721. The van der Waals surface area contributed by atoms with Crippen LogP contribution in [0.25, 0.3) is 0 Å². The first-order valence-corrected chi connectivity index (χ1v) is 4.66. The predicted molar refractivity (Wildman–Crippen MR) is 52.6 cm³/mol. The number of rotatable bonds is 3. The highest BCUT2D eigenvalue weighted by Crippen LogP contribution is 2.59. The van der Waals surface area contributed by atoms with Gasteiger partial charge in [-0.25, -0.2) is 0 Å². The Bertz CT molecular complexity index is 289. The van der Waals surface area contributed by atoms with Crippen LogP contribution in [0.5, 0.6) is 0 Å². The molecule has 1 aliphatic carbocycles. The van der Waals surface area contributed by atoms with Gasteiger partial charge in [0.25, 0.3) is 0 Å². The Morgan fingerprint density at radius 3 is 2.43 bits per heavy atom. The molecular formula is C11H16O3. The highest BCUT2D eigenvalue weighted by atomic mass is 16.5. The molecule has 0 aromatic rings. The van der Waals surface area contributed by atoms with E-state index in [0.29, 0.717) is 5.57 Å². The third kappa shape index (κ3) is 1.72. The zero-order chi connectivity index (χ0) is 10.9. The number of hydrogen-bond acceptors (Lipinski definition) is 3. The summed E-state index contributed by atoms with van der Waals surface area (Å²) in [5, 5.41) is 0. The van der Waals surface area contributed by atoms with E-state index in [1.54, 1.807) is 6.92 Å². The molecule has 0 amide bonds. The van der Waals surface area contributed by atoms with Crippen LogP contribution in [0.1, 0.15) is 20.8 Å². The quantitative estimate of drug-likeness (QED) is 0.391. The van der Waals surface area contributed by atoms with Gasteiger partial charge in [-0.05, 0) is 23.8 Å². The van der Waals surface area contributed by atoms with Gasteiger partial charge in [0, 0.05) is 0 Å². The highest BCUT2D eigenvalue weighted by molar-refractivity contribution is 5.79. The molecule has 0 unspecified atom stereocenters. The SMILES string of the molecule is COC(=O)[C@@H]1[C@@H](/C=C(\C)C=O)C1(C)C. The molecule has 78 valence electrons. The first kappa shape index (κ1) is 11.0. The minimum atomic E-state index is -0.185. The molecule has 2 atom stereocenters. The van der Waals surface area contributed by atoms with Gasteiger partial charge >= 0.3 is 5.97 Å². The Morgan fingerprint density at radius 1 is 1.43 bits per heavy atom. The number of allylic oxidation sites excluding steroid dienone is 2. The Hall–Kier alpha value is -1.12. The van der Waals surface area contributed by atoms with E-state index in [0.717, 1.165) is 6.29 Å². The maximum Gasteiger partial charge on any atom is 0.309 e. The van der Waals surface area contributed by atoms with Crippen molar-refractivity contribution in [3.8, 4) is 0 Å². The lowest BCUT2D eigenvalue weighted by Crippen LogP contribution is -2.07. The standard InChI is InChI=1S/C11H16O3/c1-7(6-12)5-8-9(10(13)14-4)11(8,2)3/h5-6,8-9H,1-4H3/b7-5+/t8-,9+/m1/s1. The van der Waals surface area contributed by atoms with E-state index in [1.165, 1.54) is 7.11 Å². The monoisotopic (exact) mass is 196 g/mol. The molecule has 0 heterocycles. The fourth-order valence-electron chi connectivity index (χ4n) is 1.89. The number of aldehydes is 1. The molecule has 3 heteroatoms. The van der Waals surface area contributed by atoms with Crippen molar-refractivity contribution in [1.29, 1.82) is 0 Å². The van der Waals surface area contributed by atoms with Crippen molar-refractivity contribution in [3.63, 3.8) is 0 Å². The van der Waals surface area contributed by atoms with Crippen LogP contribution < -0.4 is 0 Å². The predicted octanol–water partition coefficient (Wildman–Crippen LogP) is 1.58. The molecule has 3 nitrogen and oxygen atoms in total. The first-order valence-electron chi connectivity index (χ1n) is 4.66. The number of carbonyl (C=O) groups excluding carboxylic acids is 2. The molecule has 1 aliphatic rings. The van der Waals surface area contributed by atoms with Gasteiger partial charge in [-0.1, -0.05) is 19.9 Å². The van der Waals surface area contributed by atoms with E-state index in [9.17, 15) is 9.59 Å². The summed E-state index contributed by atoms with van der Waals surface area (Å²) < 4.78 is 4.70. The third-order valence-electron chi connectivity index (χ3n) is 2.99. The molecule has 14 heavy (non-hydrogen) atoms. The Balaban J connectivity index is 2.76. The van der Waals surface area contributed by atoms with Gasteiger partial charge in [-0.15, -0.1) is 0 Å². The normalized spacial score (nSPS) is 29.6. The third-order valence-corrected chi connectivity index (χ3v) is 2.99. The Kier molecular flexibility index (Phi) is 2.79. The van der Waals surface area contributed by atoms with Crippen molar-refractivity contribution in [1.82, 2.24) is 0 Å². The first-order chi connectivity index (χ1) is 6.45. The zero-order valence-corrected chi connectivity index (χ0v) is 9.03. The summed E-state index contributed by atoms with van der Waals surface area (Å²) in [5.41, 5.74) is 0.603. The van der Waals surface area contributed by atoms with Crippen LogP contribution in [0.15, 0.2) is 11.6 Å². The summed E-state index contributed by atoms with van der Waals surface area (Å²) >= 11 is 0. The number of hydrogen-bond donors (Lipinski definition) is 0. The summed E-state index contributed by atoms with van der Waals surface area (Å²) in [6.45, 7) is 5.76. The van der Waals surface area contributed by atoms with E-state index in [1.807, 2.05) is 19.9 Å². The van der Waals surface area contributed by atoms with Gasteiger partial charge in [0.15, 0.2) is 0 Å². The van der Waals surface area contributed by atoms with Crippen LogP contribution in [0.4, 0.5) is 0 Å². The summed E-state index contributed by atoms with van der Waals surface area (Å²) in [5.74, 6) is -0.141. The number of ether oxygens (including phenoxy) is 1. The van der Waals surface area contributed by atoms with E-state index in [4.69, 9.17) is 4.74 Å². The summed E-state index contributed by atoms with van der Waals surface area (Å²) in [4.78, 5) is 21.8. The number of methoxy groups -OCH3 is 1. The van der Waals surface area contributed by atoms with Crippen molar-refractivity contribution in [2.45, 2.75) is 20.8 Å². The highest BCUT2D eigenvalue weighted by Gasteiger charge is 2.61. The molecule has 0 aliphatic heterocycles. The maximum absolute atomic E-state index is 11.3. The fourth-order valence-corrected chi connectivity index (χ4v) is 1.89. The van der Waals surface area contributed by atoms with E-state index < -0.39 is 0 Å². The van der Waals surface area contributed by atoms with Crippen molar-refractivity contribution in [2.24, 2.45) is 17.3 Å². The van der Waals surface area contributed by atoms with Gasteiger partial charge < -0.3 is 4.74 Å². The van der Waals surface area contributed by atoms with Crippen molar-refractivity contribution in [2.75, 3.05) is 7.11 Å². The second kappa shape index (κ2) is 3.56. The lowest BCUT2D eigenvalue weighted by Gasteiger charge is -1.99. The topological polar surface area (TPSA) is 43.4 Å².